The number of likely N-dealkylation sites (tertiary alicyclic amines) is 1. The van der Waals surface area contributed by atoms with Crippen LogP contribution in [-0.2, 0) is 22.4 Å². The van der Waals surface area contributed by atoms with Crippen LogP contribution in [0.3, 0.4) is 0 Å². The van der Waals surface area contributed by atoms with Crippen molar-refractivity contribution in [3.8, 4) is 0 Å². The largest absolute Gasteiger partial charge is 0.341 e. The summed E-state index contributed by atoms with van der Waals surface area (Å²) in [5.41, 5.74) is 0.815. The summed E-state index contributed by atoms with van der Waals surface area (Å²) >= 11 is 0. The van der Waals surface area contributed by atoms with Crippen molar-refractivity contribution in [3.63, 3.8) is 0 Å². The molecule has 4 amide bonds. The van der Waals surface area contributed by atoms with Gasteiger partial charge in [0.15, 0.2) is 0 Å². The van der Waals surface area contributed by atoms with Gasteiger partial charge in [0.05, 0.1) is 0 Å². The molecular weight excluding hydrogens is 402 g/mol. The molecule has 2 aliphatic heterocycles. The van der Waals surface area contributed by atoms with Crippen LogP contribution in [0, 0.1) is 11.8 Å². The molecule has 0 bridgehead atoms. The molecule has 168 valence electrons. The minimum Gasteiger partial charge on any atom is -0.341 e. The highest BCUT2D eigenvalue weighted by Crippen LogP contribution is 2.28. The van der Waals surface area contributed by atoms with Crippen LogP contribution in [0.2, 0.25) is 0 Å². The predicted molar refractivity (Wildman–Crippen MR) is 123 cm³/mol. The molecule has 6 nitrogen and oxygen atoms in total. The minimum absolute atomic E-state index is 0.165. The lowest BCUT2D eigenvalue weighted by atomic mass is 9.84. The number of benzene rings is 2. The van der Waals surface area contributed by atoms with E-state index in [1.54, 1.807) is 4.90 Å². The van der Waals surface area contributed by atoms with Gasteiger partial charge in [0.25, 0.3) is 5.91 Å². The minimum atomic E-state index is -1.11. The number of carbonyl (C=O) groups excluding carboxylic acids is 3. The van der Waals surface area contributed by atoms with Crippen LogP contribution in [0.25, 0.3) is 0 Å². The van der Waals surface area contributed by atoms with Gasteiger partial charge in [-0.1, -0.05) is 74.5 Å². The topological polar surface area (TPSA) is 69.7 Å². The van der Waals surface area contributed by atoms with Gasteiger partial charge < -0.3 is 10.2 Å². The zero-order valence-corrected chi connectivity index (χ0v) is 18.8. The molecule has 2 saturated heterocycles. The van der Waals surface area contributed by atoms with Crippen molar-refractivity contribution in [1.29, 1.82) is 0 Å². The van der Waals surface area contributed by atoms with Crippen LogP contribution in [0.1, 0.15) is 31.4 Å². The molecule has 0 saturated carbocycles. The fraction of sp³-hybridized carbons (Fsp3) is 0.423. The van der Waals surface area contributed by atoms with Crippen molar-refractivity contribution in [3.05, 3.63) is 71.8 Å². The van der Waals surface area contributed by atoms with Gasteiger partial charge in [0.1, 0.15) is 12.1 Å². The SMILES string of the molecule is C[C@@H]1C[C@@H](C)CN(C(=O)CN2C(=O)NC(Cc3ccccc3)(Cc3ccccc3)C2=O)C1. The van der Waals surface area contributed by atoms with E-state index in [-0.39, 0.29) is 18.4 Å². The molecule has 2 atom stereocenters. The Morgan fingerprint density at radius 2 is 1.41 bits per heavy atom. The van der Waals surface area contributed by atoms with E-state index < -0.39 is 11.6 Å². The Bertz CT molecular complexity index is 925. The zero-order chi connectivity index (χ0) is 22.7. The fourth-order valence-corrected chi connectivity index (χ4v) is 5.11. The Morgan fingerprint density at radius 3 is 1.91 bits per heavy atom. The first-order valence-corrected chi connectivity index (χ1v) is 11.4. The molecule has 0 aromatic heterocycles. The number of piperidine rings is 1. The molecule has 0 aliphatic carbocycles. The normalized spacial score (nSPS) is 22.7. The van der Waals surface area contributed by atoms with Gasteiger partial charge >= 0.3 is 6.03 Å². The Balaban J connectivity index is 1.57. The van der Waals surface area contributed by atoms with Crippen molar-refractivity contribution in [2.45, 2.75) is 38.6 Å². The molecule has 32 heavy (non-hydrogen) atoms. The van der Waals surface area contributed by atoms with Crippen molar-refractivity contribution in [2.75, 3.05) is 19.6 Å². The first-order valence-electron chi connectivity index (χ1n) is 11.4. The lowest BCUT2D eigenvalue weighted by molar-refractivity contribution is -0.140. The number of nitrogens with one attached hydrogen (secondary N) is 1. The van der Waals surface area contributed by atoms with Crippen molar-refractivity contribution >= 4 is 17.8 Å². The zero-order valence-electron chi connectivity index (χ0n) is 18.8. The van der Waals surface area contributed by atoms with Crippen molar-refractivity contribution < 1.29 is 14.4 Å². The quantitative estimate of drug-likeness (QED) is 0.711. The third kappa shape index (κ3) is 4.69. The van der Waals surface area contributed by atoms with Gasteiger partial charge in [-0.3, -0.25) is 14.5 Å². The summed E-state index contributed by atoms with van der Waals surface area (Å²) in [5.74, 6) is 0.339. The maximum Gasteiger partial charge on any atom is 0.325 e. The van der Waals surface area contributed by atoms with Crippen molar-refractivity contribution in [2.24, 2.45) is 11.8 Å². The lowest BCUT2D eigenvalue weighted by Gasteiger charge is -2.35. The van der Waals surface area contributed by atoms with Crippen LogP contribution in [-0.4, -0.2) is 52.8 Å². The summed E-state index contributed by atoms with van der Waals surface area (Å²) in [7, 11) is 0. The molecule has 2 heterocycles. The lowest BCUT2D eigenvalue weighted by Crippen LogP contribution is -2.52. The average molecular weight is 434 g/mol. The number of imide groups is 1. The highest BCUT2D eigenvalue weighted by atomic mass is 16.2. The van der Waals surface area contributed by atoms with Crippen LogP contribution in [0.5, 0.6) is 0 Å². The third-order valence-corrected chi connectivity index (χ3v) is 6.46. The van der Waals surface area contributed by atoms with Gasteiger partial charge in [0, 0.05) is 25.9 Å². The smallest absolute Gasteiger partial charge is 0.325 e. The van der Waals surface area contributed by atoms with Crippen LogP contribution < -0.4 is 5.32 Å². The molecule has 2 aromatic rings. The summed E-state index contributed by atoms with van der Waals surface area (Å²) in [6, 6.07) is 18.9. The van der Waals surface area contributed by atoms with Gasteiger partial charge in [0.2, 0.25) is 5.91 Å². The van der Waals surface area contributed by atoms with E-state index in [9.17, 15) is 14.4 Å². The molecule has 0 unspecified atom stereocenters. The van der Waals surface area contributed by atoms with Crippen LogP contribution >= 0.6 is 0 Å². The summed E-state index contributed by atoms with van der Waals surface area (Å²) in [6.07, 6.45) is 1.83. The molecule has 2 fully saturated rings. The Hall–Kier alpha value is -3.15. The molecular formula is C26H31N3O3. The van der Waals surface area contributed by atoms with Crippen LogP contribution in [0.15, 0.2) is 60.7 Å². The van der Waals surface area contributed by atoms with E-state index in [0.717, 1.165) is 22.4 Å². The predicted octanol–water partition coefficient (Wildman–Crippen LogP) is 3.27. The Kier molecular flexibility index (Phi) is 6.31. The molecule has 0 spiro atoms. The maximum atomic E-state index is 13.7. The second-order valence-electron chi connectivity index (χ2n) is 9.47. The first-order chi connectivity index (χ1) is 15.4. The fourth-order valence-electron chi connectivity index (χ4n) is 5.11. The molecule has 2 aliphatic rings. The summed E-state index contributed by atoms with van der Waals surface area (Å²) in [5, 5.41) is 2.96. The number of rotatable bonds is 6. The monoisotopic (exact) mass is 433 g/mol. The van der Waals surface area contributed by atoms with E-state index in [2.05, 4.69) is 19.2 Å². The third-order valence-electron chi connectivity index (χ3n) is 6.46. The maximum absolute atomic E-state index is 13.7. The Labute approximate surface area is 189 Å². The number of nitrogens with zero attached hydrogens (tertiary/aromatic N) is 2. The molecule has 6 heteroatoms. The van der Waals surface area contributed by atoms with Crippen LogP contribution in [0.4, 0.5) is 4.79 Å². The number of urea groups is 1. The molecule has 4 rings (SSSR count). The number of amides is 4. The summed E-state index contributed by atoms with van der Waals surface area (Å²) in [6.45, 7) is 5.40. The highest BCUT2D eigenvalue weighted by molar-refractivity contribution is 6.09. The summed E-state index contributed by atoms with van der Waals surface area (Å²) < 4.78 is 0. The first kappa shape index (κ1) is 22.1. The van der Waals surface area contributed by atoms with E-state index in [1.165, 1.54) is 0 Å². The van der Waals surface area contributed by atoms with Gasteiger partial charge in [-0.05, 0) is 29.4 Å². The summed E-state index contributed by atoms with van der Waals surface area (Å²) in [4.78, 5) is 42.5. The van der Waals surface area contributed by atoms with E-state index in [0.29, 0.717) is 37.8 Å². The standard InChI is InChI=1S/C26H31N3O3/c1-19-13-20(2)17-28(16-19)23(30)18-29-24(31)26(27-25(29)32,14-21-9-5-3-6-10-21)15-22-11-7-4-8-12-22/h3-12,19-20H,13-18H2,1-2H3,(H,27,32)/t19-,20-/m1/s1. The Morgan fingerprint density at radius 1 is 0.906 bits per heavy atom. The van der Waals surface area contributed by atoms with Gasteiger partial charge in [-0.2, -0.15) is 0 Å². The van der Waals surface area contributed by atoms with E-state index in [4.69, 9.17) is 0 Å². The number of hydrogen-bond acceptors (Lipinski definition) is 3. The second kappa shape index (κ2) is 9.15. The van der Waals surface area contributed by atoms with Gasteiger partial charge in [-0.15, -0.1) is 0 Å². The van der Waals surface area contributed by atoms with E-state index >= 15 is 0 Å². The molecule has 1 N–H and O–H groups in total. The number of carbonyl (C=O) groups is 3. The highest BCUT2D eigenvalue weighted by Gasteiger charge is 2.51. The molecule has 0 radical (unpaired) electrons. The van der Waals surface area contributed by atoms with E-state index in [1.807, 2.05) is 60.7 Å². The second-order valence-corrected chi connectivity index (χ2v) is 9.47. The molecule has 2 aromatic carbocycles. The average Bonchev–Trinajstić information content (AvgIpc) is 2.98. The number of hydrogen-bond donors (Lipinski definition) is 1. The van der Waals surface area contributed by atoms with Gasteiger partial charge in [-0.25, -0.2) is 4.79 Å². The van der Waals surface area contributed by atoms with Crippen molar-refractivity contribution in [1.82, 2.24) is 15.1 Å².